The van der Waals surface area contributed by atoms with Crippen molar-refractivity contribution >= 4 is 29.8 Å². The van der Waals surface area contributed by atoms with Crippen LogP contribution < -0.4 is 24.7 Å². The third-order valence-corrected chi connectivity index (χ3v) is 8.95. The average Bonchev–Trinajstić information content (AvgIpc) is 3.20. The summed E-state index contributed by atoms with van der Waals surface area (Å²) in [6.45, 7) is 5.11. The molecule has 0 saturated carbocycles. The number of pyridine rings is 1. The van der Waals surface area contributed by atoms with Crippen LogP contribution in [0.15, 0.2) is 46.4 Å². The fourth-order valence-electron chi connectivity index (χ4n) is 5.73. The fourth-order valence-corrected chi connectivity index (χ4v) is 6.83. The molecule has 14 heteroatoms. The van der Waals surface area contributed by atoms with E-state index in [0.29, 0.717) is 5.56 Å². The van der Waals surface area contributed by atoms with Crippen molar-refractivity contribution in [1.29, 1.82) is 0 Å². The van der Waals surface area contributed by atoms with Gasteiger partial charge in [0.1, 0.15) is 5.60 Å². The summed E-state index contributed by atoms with van der Waals surface area (Å²) in [5, 5.41) is 31.9. The van der Waals surface area contributed by atoms with E-state index in [1.807, 2.05) is 24.3 Å². The summed E-state index contributed by atoms with van der Waals surface area (Å²) in [6.07, 6.45) is -2.20. The van der Waals surface area contributed by atoms with E-state index in [2.05, 4.69) is 5.11 Å². The van der Waals surface area contributed by atoms with Gasteiger partial charge in [-0.3, -0.25) is 4.79 Å². The average molecular weight is 655 g/mol. The van der Waals surface area contributed by atoms with Crippen molar-refractivity contribution in [2.45, 2.75) is 56.0 Å². The zero-order valence-corrected chi connectivity index (χ0v) is 26.1. The lowest BCUT2D eigenvalue weighted by atomic mass is 9.92. The van der Waals surface area contributed by atoms with E-state index in [9.17, 15) is 19.8 Å². The van der Waals surface area contributed by atoms with Crippen molar-refractivity contribution in [3.05, 3.63) is 70.1 Å². The van der Waals surface area contributed by atoms with Crippen LogP contribution in [0.1, 0.15) is 43.9 Å². The Morgan fingerprint density at radius 2 is 1.98 bits per heavy atom. The summed E-state index contributed by atoms with van der Waals surface area (Å²) < 4.78 is 52.8. The van der Waals surface area contributed by atoms with Crippen LogP contribution in [-0.2, 0) is 31.2 Å². The van der Waals surface area contributed by atoms with Gasteiger partial charge in [-0.1, -0.05) is 23.9 Å². The second kappa shape index (κ2) is 12.4. The number of ether oxygens (including phenoxy) is 4. The third kappa shape index (κ3) is 5.94. The van der Waals surface area contributed by atoms with Crippen LogP contribution >= 0.6 is 11.8 Å². The van der Waals surface area contributed by atoms with Gasteiger partial charge in [0.15, 0.2) is 11.6 Å². The molecule has 0 spiro atoms. The number of halogens is 2. The predicted molar refractivity (Wildman–Crippen MR) is 155 cm³/mol. The number of hydrogen-bond donors (Lipinski definition) is 0. The van der Waals surface area contributed by atoms with Gasteiger partial charge in [0.05, 0.1) is 31.8 Å². The molecule has 0 bridgehead atoms. The number of hydrogen-bond acceptors (Lipinski definition) is 11. The van der Waals surface area contributed by atoms with Crippen LogP contribution in [0.4, 0.5) is 13.6 Å². The van der Waals surface area contributed by atoms with E-state index in [1.54, 1.807) is 6.92 Å². The smallest absolute Gasteiger partial charge is 0.514 e. The van der Waals surface area contributed by atoms with Crippen LogP contribution in [0.5, 0.6) is 11.5 Å². The zero-order valence-electron chi connectivity index (χ0n) is 25.3. The number of esters is 1. The number of fused-ring (bicyclic) bond motifs is 4. The summed E-state index contributed by atoms with van der Waals surface area (Å²) in [5.41, 5.74) is 0.255. The molecule has 0 N–H and O–H groups in total. The normalized spacial score (nSPS) is 17.0. The predicted octanol–water partition coefficient (Wildman–Crippen LogP) is 2.57. The monoisotopic (exact) mass is 654 g/mol. The first-order valence-electron chi connectivity index (χ1n) is 14.6. The largest absolute Gasteiger partial charge is 0.870 e. The Labute approximate surface area is 266 Å². The van der Waals surface area contributed by atoms with Gasteiger partial charge in [-0.2, -0.15) is 0 Å². The van der Waals surface area contributed by atoms with Gasteiger partial charge in [-0.25, -0.2) is 13.6 Å². The number of benzene rings is 2. The summed E-state index contributed by atoms with van der Waals surface area (Å²) in [4.78, 5) is 27.3. The Morgan fingerprint density at radius 1 is 1.20 bits per heavy atom. The molecule has 242 valence electrons. The molecular formula is C32H30F2N3O8S-. The summed E-state index contributed by atoms with van der Waals surface area (Å²) in [7, 11) is 0. The molecule has 0 aliphatic carbocycles. The molecular weight excluding hydrogens is 624 g/mol. The van der Waals surface area contributed by atoms with Crippen molar-refractivity contribution in [2.24, 2.45) is 5.11 Å². The first-order chi connectivity index (χ1) is 22.0. The molecule has 46 heavy (non-hydrogen) atoms. The van der Waals surface area contributed by atoms with Gasteiger partial charge in [0.2, 0.25) is 17.6 Å². The fraction of sp³-hybridized carbons (Fsp3) is 0.375. The quantitative estimate of drug-likeness (QED) is 0.288. The number of morpholine rings is 1. The van der Waals surface area contributed by atoms with E-state index in [0.717, 1.165) is 27.0 Å². The summed E-state index contributed by atoms with van der Waals surface area (Å²) in [5.74, 6) is -4.82. The number of nitrogens with zero attached hydrogens (tertiary/aromatic N) is 3. The number of carbonyl (C=O) groups is 2. The number of thioether (sulfide) groups is 1. The minimum absolute atomic E-state index is 0.0152. The first-order valence-corrected chi connectivity index (χ1v) is 15.6. The van der Waals surface area contributed by atoms with Crippen LogP contribution in [0, 0.1) is 11.6 Å². The molecule has 1 aromatic heterocycles. The molecule has 11 nitrogen and oxygen atoms in total. The summed E-state index contributed by atoms with van der Waals surface area (Å²) in [6, 6.07) is 9.56. The maximum Gasteiger partial charge on any atom is 0.514 e. The number of carbonyl (C=O) groups excluding carboxylic acids is 2. The highest BCUT2D eigenvalue weighted by Crippen LogP contribution is 2.40. The van der Waals surface area contributed by atoms with E-state index >= 15 is 8.78 Å². The second-order valence-corrected chi connectivity index (χ2v) is 12.5. The maximum atomic E-state index is 15.3. The van der Waals surface area contributed by atoms with Gasteiger partial charge < -0.3 is 34.1 Å². The van der Waals surface area contributed by atoms with E-state index in [-0.39, 0.29) is 67.1 Å². The highest BCUT2D eigenvalue weighted by Gasteiger charge is 2.36. The number of aromatic nitrogens is 1. The lowest BCUT2D eigenvalue weighted by Gasteiger charge is -2.37. The Hall–Kier alpha value is -4.43. The molecule has 4 heterocycles. The molecule has 1 saturated heterocycles. The number of rotatable bonds is 6. The molecule has 0 unspecified atom stereocenters. The molecule has 0 radical (unpaired) electrons. The van der Waals surface area contributed by atoms with Crippen LogP contribution in [-0.4, -0.2) is 55.2 Å². The molecule has 0 amide bonds. The lowest BCUT2D eigenvalue weighted by molar-refractivity contribution is -0.569. The van der Waals surface area contributed by atoms with Crippen molar-refractivity contribution in [1.82, 2.24) is 4.90 Å². The highest BCUT2D eigenvalue weighted by atomic mass is 32.2. The Morgan fingerprint density at radius 3 is 2.76 bits per heavy atom. The van der Waals surface area contributed by atoms with E-state index in [4.69, 9.17) is 18.9 Å². The van der Waals surface area contributed by atoms with Gasteiger partial charge in [-0.15, -0.1) is 11.8 Å². The first kappa shape index (κ1) is 31.5. The third-order valence-electron chi connectivity index (χ3n) is 7.81. The van der Waals surface area contributed by atoms with Gasteiger partial charge >= 0.3 is 12.1 Å². The van der Waals surface area contributed by atoms with Crippen LogP contribution in [0.3, 0.4) is 0 Å². The second-order valence-electron chi connectivity index (χ2n) is 11.5. The van der Waals surface area contributed by atoms with Crippen molar-refractivity contribution in [3.8, 4) is 22.8 Å². The van der Waals surface area contributed by atoms with E-state index < -0.39 is 52.9 Å². The molecule has 3 aliphatic heterocycles. The van der Waals surface area contributed by atoms with E-state index in [1.165, 1.54) is 30.5 Å². The Balaban J connectivity index is 1.51. The topological polar surface area (TPSA) is 139 Å². The van der Waals surface area contributed by atoms with Crippen LogP contribution in [0.2, 0.25) is 0 Å². The minimum Gasteiger partial charge on any atom is -0.870 e. The van der Waals surface area contributed by atoms with Crippen molar-refractivity contribution in [3.63, 3.8) is 0 Å². The van der Waals surface area contributed by atoms with Gasteiger partial charge in [0, 0.05) is 34.7 Å². The standard InChI is InChI=1S/C32H30F2N3O8S/c1-4-43-26(39)14-32(2,3)45-31(41)44-29-23(38)13-22(37-28(29)30(40)36-9-10-42-15-25(36)35-37)19-12-21(33)27(34)20-16-46-24-8-6-5-7-17(24)11-18(19)20/h5-8,12-13,25H,4,9-11,14-16H2,1-3H3/q-1/t25-/m0/s1. The van der Waals surface area contributed by atoms with Crippen molar-refractivity contribution in [2.75, 3.05) is 26.4 Å². The highest BCUT2D eigenvalue weighted by molar-refractivity contribution is 7.98. The lowest BCUT2D eigenvalue weighted by Crippen LogP contribution is -2.59. The van der Waals surface area contributed by atoms with Gasteiger partial charge in [0.25, 0.3) is 5.35 Å². The molecule has 6 rings (SSSR count). The van der Waals surface area contributed by atoms with Gasteiger partial charge in [-0.05, 0) is 59.9 Å². The maximum absolute atomic E-state index is 15.3. The molecule has 3 aromatic rings. The Bertz CT molecular complexity index is 1870. The van der Waals surface area contributed by atoms with Crippen LogP contribution in [0.25, 0.3) is 17.1 Å². The summed E-state index contributed by atoms with van der Waals surface area (Å²) >= 11 is 1.37. The molecule has 1 atom stereocenters. The molecule has 1 fully saturated rings. The zero-order chi connectivity index (χ0) is 32.7. The minimum atomic E-state index is -1.37. The Kier molecular flexibility index (Phi) is 8.51. The molecule has 2 aromatic carbocycles. The van der Waals surface area contributed by atoms with Crippen molar-refractivity contribution < 1.29 is 51.9 Å². The SMILES string of the molecule is CCOC(=O)CC(C)(C)OC(=O)Oc1c([O-])cc(-c2cc(F)c(F)c3c2Cc2ccccc2SC3)[n+]2c1=C([O-])N1CCOC[C@H]1N=2. The molecule has 3 aliphatic rings.